The number of anilines is 1. The number of fused-ring (bicyclic) bond motifs is 7. The van der Waals surface area contributed by atoms with Gasteiger partial charge in [0.05, 0.1) is 35.6 Å². The summed E-state index contributed by atoms with van der Waals surface area (Å²) in [6, 6.07) is 25.8. The Morgan fingerprint density at radius 3 is 2.31 bits per heavy atom. The average Bonchev–Trinajstić information content (AvgIpc) is 3.22. The second-order valence-corrected chi connectivity index (χ2v) is 10.4. The van der Waals surface area contributed by atoms with E-state index in [9.17, 15) is 14.4 Å². The molecule has 2 heterocycles. The number of para-hydroxylation sites is 1. The molecular formula is C32H22ClNO5. The fourth-order valence-electron chi connectivity index (χ4n) is 6.31. The monoisotopic (exact) mass is 535 g/mol. The summed E-state index contributed by atoms with van der Waals surface area (Å²) >= 11 is 6.44. The highest BCUT2D eigenvalue weighted by molar-refractivity contribution is 6.36. The third kappa shape index (κ3) is 3.45. The van der Waals surface area contributed by atoms with Crippen molar-refractivity contribution in [2.45, 2.75) is 5.92 Å². The Morgan fingerprint density at radius 2 is 1.54 bits per heavy atom. The van der Waals surface area contributed by atoms with Gasteiger partial charge in [0.1, 0.15) is 11.5 Å². The Balaban J connectivity index is 1.45. The fraction of sp³-hybridized carbons (Fsp3) is 0.156. The Labute approximate surface area is 229 Å². The molecule has 1 saturated heterocycles. The number of ether oxygens (including phenoxy) is 2. The van der Waals surface area contributed by atoms with Gasteiger partial charge in [-0.3, -0.25) is 14.4 Å². The molecular weight excluding hydrogens is 514 g/mol. The number of benzene rings is 4. The molecule has 3 aliphatic rings. The highest BCUT2D eigenvalue weighted by atomic mass is 35.5. The van der Waals surface area contributed by atoms with Crippen molar-refractivity contribution in [3.63, 3.8) is 0 Å². The van der Waals surface area contributed by atoms with Crippen molar-refractivity contribution < 1.29 is 23.9 Å². The molecule has 7 heteroatoms. The molecule has 0 bridgehead atoms. The van der Waals surface area contributed by atoms with Crippen molar-refractivity contribution in [3.05, 3.63) is 107 Å². The van der Waals surface area contributed by atoms with E-state index in [0.29, 0.717) is 22.8 Å². The minimum atomic E-state index is -0.937. The topological polar surface area (TPSA) is 72.9 Å². The van der Waals surface area contributed by atoms with Crippen LogP contribution in [0.4, 0.5) is 5.69 Å². The molecule has 1 fully saturated rings. The number of halogens is 1. The Hall–Kier alpha value is -4.42. The number of amides is 2. The van der Waals surface area contributed by atoms with Crippen molar-refractivity contribution >= 4 is 51.4 Å². The van der Waals surface area contributed by atoms with E-state index < -0.39 is 35.5 Å². The van der Waals surface area contributed by atoms with E-state index in [-0.39, 0.29) is 10.9 Å². The summed E-state index contributed by atoms with van der Waals surface area (Å²) < 4.78 is 11.3. The zero-order valence-electron chi connectivity index (χ0n) is 20.8. The first-order valence-electron chi connectivity index (χ1n) is 12.7. The van der Waals surface area contributed by atoms with Crippen LogP contribution in [0.3, 0.4) is 0 Å². The van der Waals surface area contributed by atoms with E-state index in [2.05, 4.69) is 0 Å². The van der Waals surface area contributed by atoms with Gasteiger partial charge in [0.15, 0.2) is 0 Å². The van der Waals surface area contributed by atoms with Crippen LogP contribution in [0.25, 0.3) is 16.3 Å². The van der Waals surface area contributed by atoms with Gasteiger partial charge >= 0.3 is 5.97 Å². The highest BCUT2D eigenvalue weighted by Crippen LogP contribution is 2.56. The smallest absolute Gasteiger partial charge is 0.319 e. The Kier molecular flexibility index (Phi) is 5.35. The normalized spacial score (nSPS) is 23.6. The molecule has 4 atom stereocenters. The van der Waals surface area contributed by atoms with Crippen LogP contribution in [0.15, 0.2) is 91.0 Å². The molecule has 39 heavy (non-hydrogen) atoms. The van der Waals surface area contributed by atoms with Crippen molar-refractivity contribution in [2.75, 3.05) is 12.0 Å². The van der Waals surface area contributed by atoms with Gasteiger partial charge in [0.2, 0.25) is 11.8 Å². The van der Waals surface area contributed by atoms with Crippen LogP contribution in [0, 0.1) is 17.8 Å². The summed E-state index contributed by atoms with van der Waals surface area (Å²) in [6.45, 7) is 0. The molecule has 192 valence electrons. The summed E-state index contributed by atoms with van der Waals surface area (Å²) in [7, 11) is 1.59. The fourth-order valence-corrected chi connectivity index (χ4v) is 6.53. The lowest BCUT2D eigenvalue weighted by Crippen LogP contribution is -2.42. The standard InChI is InChI=1S/C32H22ClNO5/c1-38-19-13-10-18(11-14-19)22-16-23-21-15-12-17-6-2-3-7-20(17)29(21)39-32(37)27(23)28-26(22)30(35)34(31(28)36)25-9-5-4-8-24(25)33/h2-16,22,26-28H,1H3/t22-,26-,27-,28-/m0/s1. The van der Waals surface area contributed by atoms with Crippen LogP contribution in [0.2, 0.25) is 5.02 Å². The lowest BCUT2D eigenvalue weighted by Gasteiger charge is -2.38. The number of imide groups is 1. The third-order valence-electron chi connectivity index (χ3n) is 8.08. The van der Waals surface area contributed by atoms with Gasteiger partial charge in [-0.1, -0.05) is 78.3 Å². The van der Waals surface area contributed by atoms with Crippen LogP contribution in [0.1, 0.15) is 17.0 Å². The number of esters is 1. The van der Waals surface area contributed by atoms with Crippen molar-refractivity contribution in [1.29, 1.82) is 0 Å². The van der Waals surface area contributed by atoms with Gasteiger partial charge in [-0.2, -0.15) is 0 Å². The zero-order valence-corrected chi connectivity index (χ0v) is 21.6. The summed E-state index contributed by atoms with van der Waals surface area (Å²) in [5.41, 5.74) is 2.62. The first-order chi connectivity index (χ1) is 19.0. The summed E-state index contributed by atoms with van der Waals surface area (Å²) in [5.74, 6) is -3.31. The van der Waals surface area contributed by atoms with Crippen molar-refractivity contribution in [2.24, 2.45) is 17.8 Å². The second kappa shape index (κ2) is 8.82. The van der Waals surface area contributed by atoms with Gasteiger partial charge in [-0.25, -0.2) is 4.90 Å². The quantitative estimate of drug-likeness (QED) is 0.182. The number of hydrogen-bond acceptors (Lipinski definition) is 5. The zero-order chi connectivity index (χ0) is 26.8. The van der Waals surface area contributed by atoms with E-state index in [1.807, 2.05) is 66.7 Å². The Bertz CT molecular complexity index is 1730. The Morgan fingerprint density at radius 1 is 0.821 bits per heavy atom. The van der Waals surface area contributed by atoms with Crippen LogP contribution in [0.5, 0.6) is 11.5 Å². The van der Waals surface area contributed by atoms with Gasteiger partial charge in [-0.15, -0.1) is 0 Å². The van der Waals surface area contributed by atoms with Gasteiger partial charge in [0.25, 0.3) is 0 Å². The van der Waals surface area contributed by atoms with Crippen molar-refractivity contribution in [1.82, 2.24) is 0 Å². The lowest BCUT2D eigenvalue weighted by molar-refractivity contribution is -0.142. The van der Waals surface area contributed by atoms with E-state index in [1.165, 1.54) is 0 Å². The van der Waals surface area contributed by atoms with Gasteiger partial charge in [-0.05, 0) is 40.8 Å². The molecule has 4 aromatic carbocycles. The number of hydrogen-bond donors (Lipinski definition) is 0. The minimum absolute atomic E-state index is 0.287. The molecule has 0 unspecified atom stereocenters. The molecule has 1 aliphatic carbocycles. The molecule has 2 aliphatic heterocycles. The highest BCUT2D eigenvalue weighted by Gasteiger charge is 2.60. The molecule has 4 aromatic rings. The molecule has 0 radical (unpaired) electrons. The largest absolute Gasteiger partial charge is 0.497 e. The van der Waals surface area contributed by atoms with Gasteiger partial charge < -0.3 is 9.47 Å². The summed E-state index contributed by atoms with van der Waals surface area (Å²) in [4.78, 5) is 43.0. The molecule has 0 N–H and O–H groups in total. The van der Waals surface area contributed by atoms with E-state index >= 15 is 0 Å². The van der Waals surface area contributed by atoms with Gasteiger partial charge in [0, 0.05) is 16.9 Å². The molecule has 7 rings (SSSR count). The first-order valence-corrected chi connectivity index (χ1v) is 13.1. The average molecular weight is 536 g/mol. The number of carbonyl (C=O) groups is 3. The maximum Gasteiger partial charge on any atom is 0.319 e. The third-order valence-corrected chi connectivity index (χ3v) is 8.40. The number of rotatable bonds is 3. The second-order valence-electron chi connectivity index (χ2n) is 10.00. The van der Waals surface area contributed by atoms with E-state index in [1.54, 1.807) is 31.4 Å². The van der Waals surface area contributed by atoms with Crippen LogP contribution in [-0.2, 0) is 14.4 Å². The molecule has 6 nitrogen and oxygen atoms in total. The van der Waals surface area contributed by atoms with Crippen LogP contribution >= 0.6 is 11.6 Å². The maximum absolute atomic E-state index is 14.1. The van der Waals surface area contributed by atoms with Crippen LogP contribution < -0.4 is 14.4 Å². The van der Waals surface area contributed by atoms with E-state index in [0.717, 1.165) is 26.8 Å². The van der Waals surface area contributed by atoms with Crippen molar-refractivity contribution in [3.8, 4) is 11.5 Å². The molecule has 0 spiro atoms. The minimum Gasteiger partial charge on any atom is -0.497 e. The number of carbonyl (C=O) groups excluding carboxylic acids is 3. The maximum atomic E-state index is 14.1. The number of nitrogens with zero attached hydrogens (tertiary/aromatic N) is 1. The van der Waals surface area contributed by atoms with Crippen LogP contribution in [-0.4, -0.2) is 24.9 Å². The SMILES string of the molecule is COc1ccc([C@@H]2C=C3c4ccc5ccccc5c4OC(=O)[C@@H]3[C@H]3C(=O)N(c4ccccc4Cl)C(=O)[C@H]32)cc1. The predicted octanol–water partition coefficient (Wildman–Crippen LogP) is 6.02. The first kappa shape index (κ1) is 23.7. The molecule has 0 saturated carbocycles. The number of allylic oxidation sites excluding steroid dienone is 1. The molecule has 2 amide bonds. The van der Waals surface area contributed by atoms with E-state index in [4.69, 9.17) is 21.1 Å². The summed E-state index contributed by atoms with van der Waals surface area (Å²) in [6.07, 6.45) is 1.98. The summed E-state index contributed by atoms with van der Waals surface area (Å²) in [5, 5.41) is 2.05. The predicted molar refractivity (Wildman–Crippen MR) is 148 cm³/mol. The molecule has 0 aromatic heterocycles. The lowest BCUT2D eigenvalue weighted by atomic mass is 9.64. The number of methoxy groups -OCH3 is 1.